The van der Waals surface area contributed by atoms with Crippen LogP contribution in [0.2, 0.25) is 0 Å². The van der Waals surface area contributed by atoms with Crippen LogP contribution < -0.4 is 11.2 Å². The molecule has 13 heteroatoms. The third-order valence-electron chi connectivity index (χ3n) is 4.39. The van der Waals surface area contributed by atoms with Crippen molar-refractivity contribution in [3.05, 3.63) is 32.6 Å². The van der Waals surface area contributed by atoms with E-state index < -0.39 is 72.4 Å². The highest BCUT2D eigenvalue weighted by molar-refractivity contribution is 5.68. The summed E-state index contributed by atoms with van der Waals surface area (Å²) >= 11 is 0. The Kier molecular flexibility index (Phi) is 7.92. The highest BCUT2D eigenvalue weighted by atomic mass is 16.7. The molecule has 0 radical (unpaired) electrons. The molecule has 2 rings (SSSR count). The predicted molar refractivity (Wildman–Crippen MR) is 103 cm³/mol. The van der Waals surface area contributed by atoms with E-state index in [4.69, 9.17) is 23.7 Å². The fourth-order valence-corrected chi connectivity index (χ4v) is 3.20. The topological polar surface area (TPSA) is 169 Å². The number of esters is 4. The third-order valence-corrected chi connectivity index (χ3v) is 4.39. The fraction of sp³-hybridized carbons (Fsp3) is 0.579. The molecule has 1 aliphatic rings. The van der Waals surface area contributed by atoms with Crippen LogP contribution in [0.15, 0.2) is 15.8 Å². The standard InChI is InChI=1S/C19H24N2O11/c1-8-6-21(19(27)20-17(8)26)18-16(31-12(5)25)15(30-11(4)24)14(29-10(3)23)13(32-18)7-28-9(2)22/h6,13-16,18H,7H2,1-5H3,(H,20,26,27). The summed E-state index contributed by atoms with van der Waals surface area (Å²) in [7, 11) is 0. The van der Waals surface area contributed by atoms with Gasteiger partial charge in [0.15, 0.2) is 24.5 Å². The SMILES string of the molecule is CC(=O)OCC1OC(n2cc(C)c(=O)[nH]c2=O)C(OC(C)=O)C(OC(C)=O)C1OC(C)=O. The molecular formula is C19H24N2O11. The maximum absolute atomic E-state index is 12.5. The summed E-state index contributed by atoms with van der Waals surface area (Å²) < 4.78 is 27.6. The minimum atomic E-state index is -1.46. The molecular weight excluding hydrogens is 432 g/mol. The maximum atomic E-state index is 12.5. The Morgan fingerprint density at radius 3 is 1.97 bits per heavy atom. The Balaban J connectivity index is 2.65. The van der Waals surface area contributed by atoms with E-state index in [9.17, 15) is 28.8 Å². The molecule has 1 saturated heterocycles. The summed E-state index contributed by atoms with van der Waals surface area (Å²) in [5.74, 6) is -3.06. The van der Waals surface area contributed by atoms with E-state index >= 15 is 0 Å². The minimum Gasteiger partial charge on any atom is -0.463 e. The van der Waals surface area contributed by atoms with Crippen LogP contribution in [-0.4, -0.2) is 64.5 Å². The van der Waals surface area contributed by atoms with E-state index in [2.05, 4.69) is 4.98 Å². The van der Waals surface area contributed by atoms with E-state index in [0.717, 1.165) is 32.3 Å². The van der Waals surface area contributed by atoms with Gasteiger partial charge in [-0.2, -0.15) is 0 Å². The average molecular weight is 456 g/mol. The highest BCUT2D eigenvalue weighted by Crippen LogP contribution is 2.34. The summed E-state index contributed by atoms with van der Waals surface area (Å²) in [6.45, 7) is 5.39. The summed E-state index contributed by atoms with van der Waals surface area (Å²) in [4.78, 5) is 73.0. The van der Waals surface area contributed by atoms with Gasteiger partial charge in [-0.15, -0.1) is 0 Å². The molecule has 1 aliphatic heterocycles. The second kappa shape index (κ2) is 10.2. The third kappa shape index (κ3) is 6.03. The van der Waals surface area contributed by atoms with E-state index in [-0.39, 0.29) is 5.56 Å². The van der Waals surface area contributed by atoms with Gasteiger partial charge in [0.1, 0.15) is 12.7 Å². The van der Waals surface area contributed by atoms with Crippen LogP contribution in [0.4, 0.5) is 0 Å². The minimum absolute atomic E-state index is 0.137. The first kappa shape index (κ1) is 24.8. The van der Waals surface area contributed by atoms with Crippen LogP contribution in [0.1, 0.15) is 39.5 Å². The zero-order valence-corrected chi connectivity index (χ0v) is 18.1. The van der Waals surface area contributed by atoms with Gasteiger partial charge in [-0.1, -0.05) is 0 Å². The summed E-state index contributed by atoms with van der Waals surface area (Å²) in [5, 5.41) is 0. The number of carbonyl (C=O) groups is 4. The van der Waals surface area contributed by atoms with Gasteiger partial charge >= 0.3 is 29.6 Å². The number of rotatable bonds is 6. The van der Waals surface area contributed by atoms with Gasteiger partial charge in [-0.25, -0.2) is 4.79 Å². The summed E-state index contributed by atoms with van der Waals surface area (Å²) in [5.41, 5.74) is -1.41. The first-order valence-electron chi connectivity index (χ1n) is 9.53. The van der Waals surface area contributed by atoms with Gasteiger partial charge < -0.3 is 23.7 Å². The number of aryl methyl sites for hydroxylation is 1. The molecule has 1 aromatic rings. The number of carbonyl (C=O) groups excluding carboxylic acids is 4. The molecule has 1 N–H and O–H groups in total. The normalized spacial score (nSPS) is 24.8. The zero-order chi connectivity index (χ0) is 24.2. The van der Waals surface area contributed by atoms with Gasteiger partial charge in [-0.3, -0.25) is 33.5 Å². The monoisotopic (exact) mass is 456 g/mol. The molecule has 176 valence electrons. The molecule has 0 spiro atoms. The van der Waals surface area contributed by atoms with Gasteiger partial charge in [0, 0.05) is 39.5 Å². The lowest BCUT2D eigenvalue weighted by Crippen LogP contribution is -2.61. The Morgan fingerprint density at radius 1 is 0.906 bits per heavy atom. The molecule has 5 unspecified atom stereocenters. The van der Waals surface area contributed by atoms with Crippen molar-refractivity contribution < 1.29 is 42.9 Å². The second-order valence-electron chi connectivity index (χ2n) is 7.07. The Hall–Kier alpha value is -3.48. The van der Waals surface area contributed by atoms with Gasteiger partial charge in [-0.05, 0) is 6.92 Å². The van der Waals surface area contributed by atoms with Crippen molar-refractivity contribution in [2.45, 2.75) is 65.3 Å². The molecule has 1 aromatic heterocycles. The summed E-state index contributed by atoms with van der Waals surface area (Å²) in [6.07, 6.45) is -5.73. The van der Waals surface area contributed by atoms with Crippen LogP contribution in [0, 0.1) is 6.92 Å². The molecule has 0 saturated carbocycles. The van der Waals surface area contributed by atoms with Crippen molar-refractivity contribution in [1.29, 1.82) is 0 Å². The number of nitrogens with zero attached hydrogens (tertiary/aromatic N) is 1. The average Bonchev–Trinajstić information content (AvgIpc) is 2.65. The van der Waals surface area contributed by atoms with Crippen LogP contribution in [0.5, 0.6) is 0 Å². The highest BCUT2D eigenvalue weighted by Gasteiger charge is 2.53. The largest absolute Gasteiger partial charge is 0.463 e. The van der Waals surface area contributed by atoms with Crippen molar-refractivity contribution in [3.63, 3.8) is 0 Å². The number of hydrogen-bond acceptors (Lipinski definition) is 11. The number of ether oxygens (including phenoxy) is 5. The maximum Gasteiger partial charge on any atom is 0.330 e. The molecule has 1 fully saturated rings. The van der Waals surface area contributed by atoms with E-state index in [1.54, 1.807) is 0 Å². The van der Waals surface area contributed by atoms with Gasteiger partial charge in [0.2, 0.25) is 0 Å². The number of hydrogen-bond donors (Lipinski definition) is 1. The van der Waals surface area contributed by atoms with Crippen molar-refractivity contribution in [3.8, 4) is 0 Å². The lowest BCUT2D eigenvalue weighted by atomic mass is 9.97. The molecule has 32 heavy (non-hydrogen) atoms. The quantitative estimate of drug-likeness (QED) is 0.416. The van der Waals surface area contributed by atoms with Crippen molar-refractivity contribution >= 4 is 23.9 Å². The molecule has 0 aliphatic carbocycles. The van der Waals surface area contributed by atoms with E-state index in [1.165, 1.54) is 13.1 Å². The molecule has 0 amide bonds. The number of aromatic nitrogens is 2. The van der Waals surface area contributed by atoms with Crippen LogP contribution in [-0.2, 0) is 42.9 Å². The van der Waals surface area contributed by atoms with Crippen LogP contribution in [0.25, 0.3) is 0 Å². The van der Waals surface area contributed by atoms with Gasteiger partial charge in [0.25, 0.3) is 5.56 Å². The smallest absolute Gasteiger partial charge is 0.330 e. The van der Waals surface area contributed by atoms with Crippen LogP contribution >= 0.6 is 0 Å². The van der Waals surface area contributed by atoms with Crippen molar-refractivity contribution in [2.75, 3.05) is 6.61 Å². The Bertz CT molecular complexity index is 1010. The van der Waals surface area contributed by atoms with Crippen molar-refractivity contribution in [2.24, 2.45) is 0 Å². The zero-order valence-electron chi connectivity index (χ0n) is 18.1. The molecule has 0 aromatic carbocycles. The first-order valence-corrected chi connectivity index (χ1v) is 9.53. The lowest BCUT2D eigenvalue weighted by molar-refractivity contribution is -0.269. The van der Waals surface area contributed by atoms with E-state index in [1.807, 2.05) is 0 Å². The molecule has 0 bridgehead atoms. The lowest BCUT2D eigenvalue weighted by Gasteiger charge is -2.44. The molecule has 2 heterocycles. The van der Waals surface area contributed by atoms with Crippen molar-refractivity contribution in [1.82, 2.24) is 9.55 Å². The molecule has 5 atom stereocenters. The second-order valence-corrected chi connectivity index (χ2v) is 7.07. The van der Waals surface area contributed by atoms with Crippen LogP contribution in [0.3, 0.4) is 0 Å². The Labute approximate surface area is 181 Å². The number of H-pyrrole nitrogens is 1. The number of aromatic amines is 1. The Morgan fingerprint density at radius 2 is 1.44 bits per heavy atom. The predicted octanol–water partition coefficient (Wildman–Crippen LogP) is -0.899. The summed E-state index contributed by atoms with van der Waals surface area (Å²) in [6, 6.07) is 0. The number of nitrogens with one attached hydrogen (secondary N) is 1. The first-order chi connectivity index (χ1) is 14.9. The fourth-order valence-electron chi connectivity index (χ4n) is 3.20. The molecule has 13 nitrogen and oxygen atoms in total. The van der Waals surface area contributed by atoms with Gasteiger partial charge in [0.05, 0.1) is 0 Å². The van der Waals surface area contributed by atoms with E-state index in [0.29, 0.717) is 0 Å².